The van der Waals surface area contributed by atoms with Gasteiger partial charge in [0.25, 0.3) is 0 Å². The molecule has 0 radical (unpaired) electrons. The van der Waals surface area contributed by atoms with Gasteiger partial charge in [0.1, 0.15) is 0 Å². The first-order valence-electron chi connectivity index (χ1n) is 8.20. The van der Waals surface area contributed by atoms with Gasteiger partial charge in [-0.2, -0.15) is 0 Å². The van der Waals surface area contributed by atoms with E-state index >= 15 is 0 Å². The number of thiazole rings is 1. The SMILES string of the molecule is O=C(Nc1nc2c(s1)CCc1ccccc1-2)C1CCCCC1. The summed E-state index contributed by atoms with van der Waals surface area (Å²) >= 11 is 1.65. The fourth-order valence-corrected chi connectivity index (χ4v) is 4.55. The van der Waals surface area contributed by atoms with Crippen molar-refractivity contribution in [3.05, 3.63) is 34.7 Å². The lowest BCUT2D eigenvalue weighted by Gasteiger charge is -2.19. The Balaban J connectivity index is 1.56. The fraction of sp³-hybridized carbons (Fsp3) is 0.444. The molecule has 0 saturated heterocycles. The highest BCUT2D eigenvalue weighted by molar-refractivity contribution is 7.16. The number of amides is 1. The first-order valence-corrected chi connectivity index (χ1v) is 9.02. The van der Waals surface area contributed by atoms with Crippen LogP contribution in [0.2, 0.25) is 0 Å². The molecule has 1 amide bonds. The largest absolute Gasteiger partial charge is 0.302 e. The number of fused-ring (bicyclic) bond motifs is 3. The summed E-state index contributed by atoms with van der Waals surface area (Å²) in [5.74, 6) is 0.348. The van der Waals surface area contributed by atoms with E-state index in [4.69, 9.17) is 4.98 Å². The molecule has 1 saturated carbocycles. The van der Waals surface area contributed by atoms with Crippen molar-refractivity contribution >= 4 is 22.4 Å². The van der Waals surface area contributed by atoms with Crippen LogP contribution in [0.1, 0.15) is 42.5 Å². The zero-order chi connectivity index (χ0) is 14.9. The van der Waals surface area contributed by atoms with Gasteiger partial charge in [-0.1, -0.05) is 43.5 Å². The van der Waals surface area contributed by atoms with Crippen molar-refractivity contribution in [1.82, 2.24) is 4.98 Å². The number of rotatable bonds is 2. The number of aromatic nitrogens is 1. The first-order chi connectivity index (χ1) is 10.8. The Morgan fingerprint density at radius 3 is 2.82 bits per heavy atom. The normalized spacial score (nSPS) is 17.6. The van der Waals surface area contributed by atoms with Crippen molar-refractivity contribution in [2.45, 2.75) is 44.9 Å². The molecule has 2 aliphatic carbocycles. The highest BCUT2D eigenvalue weighted by Crippen LogP contribution is 2.38. The molecule has 0 aliphatic heterocycles. The standard InChI is InChI=1S/C18H20N2OS/c21-17(13-7-2-1-3-8-13)20-18-19-16-14-9-5-4-6-12(14)10-11-15(16)22-18/h4-6,9,13H,1-3,7-8,10-11H2,(H,19,20,21). The summed E-state index contributed by atoms with van der Waals surface area (Å²) in [6.07, 6.45) is 7.79. The summed E-state index contributed by atoms with van der Waals surface area (Å²) in [5, 5.41) is 3.84. The van der Waals surface area contributed by atoms with Gasteiger partial charge in [-0.3, -0.25) is 4.79 Å². The van der Waals surface area contributed by atoms with Crippen molar-refractivity contribution in [2.75, 3.05) is 5.32 Å². The average molecular weight is 312 g/mol. The van der Waals surface area contributed by atoms with Gasteiger partial charge in [0.15, 0.2) is 5.13 Å². The second-order valence-corrected chi connectivity index (χ2v) is 7.36. The minimum atomic E-state index is 0.166. The van der Waals surface area contributed by atoms with Crippen molar-refractivity contribution in [3.63, 3.8) is 0 Å². The van der Waals surface area contributed by atoms with E-state index in [1.807, 2.05) is 0 Å². The quantitative estimate of drug-likeness (QED) is 0.891. The number of aryl methyl sites for hydroxylation is 2. The zero-order valence-electron chi connectivity index (χ0n) is 12.6. The molecule has 2 aromatic rings. The lowest BCUT2D eigenvalue weighted by Crippen LogP contribution is -2.24. The van der Waals surface area contributed by atoms with Crippen LogP contribution in [0.4, 0.5) is 5.13 Å². The number of carbonyl (C=O) groups is 1. The number of carbonyl (C=O) groups excluding carboxylic acids is 1. The molecule has 114 valence electrons. The molecule has 4 heteroatoms. The number of hydrogen-bond donors (Lipinski definition) is 1. The molecule has 0 spiro atoms. The summed E-state index contributed by atoms with van der Waals surface area (Å²) in [7, 11) is 0. The summed E-state index contributed by atoms with van der Waals surface area (Å²) < 4.78 is 0. The van der Waals surface area contributed by atoms with Gasteiger partial charge in [0.2, 0.25) is 5.91 Å². The number of hydrogen-bond acceptors (Lipinski definition) is 3. The third-order valence-corrected chi connectivity index (χ3v) is 5.83. The molecule has 1 heterocycles. The Morgan fingerprint density at radius 1 is 1.14 bits per heavy atom. The average Bonchev–Trinajstić information content (AvgIpc) is 2.98. The topological polar surface area (TPSA) is 42.0 Å². The van der Waals surface area contributed by atoms with Crippen LogP contribution in [0, 0.1) is 5.92 Å². The van der Waals surface area contributed by atoms with E-state index in [0.717, 1.165) is 36.5 Å². The maximum absolute atomic E-state index is 12.4. The molecule has 0 atom stereocenters. The van der Waals surface area contributed by atoms with Gasteiger partial charge in [-0.05, 0) is 31.2 Å². The molecule has 1 N–H and O–H groups in total. The highest BCUT2D eigenvalue weighted by atomic mass is 32.1. The van der Waals surface area contributed by atoms with Crippen LogP contribution in [0.3, 0.4) is 0 Å². The van der Waals surface area contributed by atoms with Crippen LogP contribution in [0.25, 0.3) is 11.3 Å². The van der Waals surface area contributed by atoms with Gasteiger partial charge >= 0.3 is 0 Å². The molecular weight excluding hydrogens is 292 g/mol. The second-order valence-electron chi connectivity index (χ2n) is 6.27. The fourth-order valence-electron chi connectivity index (χ4n) is 3.57. The Labute approximate surface area is 134 Å². The van der Waals surface area contributed by atoms with Crippen molar-refractivity contribution in [3.8, 4) is 11.3 Å². The van der Waals surface area contributed by atoms with E-state index < -0.39 is 0 Å². The predicted octanol–water partition coefficient (Wildman–Crippen LogP) is 4.43. The monoisotopic (exact) mass is 312 g/mol. The Morgan fingerprint density at radius 2 is 1.95 bits per heavy atom. The third-order valence-electron chi connectivity index (χ3n) is 4.80. The van der Waals surface area contributed by atoms with Crippen LogP contribution >= 0.6 is 11.3 Å². The third kappa shape index (κ3) is 2.56. The van der Waals surface area contributed by atoms with Crippen LogP contribution in [0.5, 0.6) is 0 Å². The zero-order valence-corrected chi connectivity index (χ0v) is 13.4. The van der Waals surface area contributed by atoms with Crippen molar-refractivity contribution in [2.24, 2.45) is 5.92 Å². The smallest absolute Gasteiger partial charge is 0.229 e. The number of nitrogens with zero attached hydrogens (tertiary/aromatic N) is 1. The Bertz CT molecular complexity index is 701. The second kappa shape index (κ2) is 5.84. The molecule has 1 aromatic carbocycles. The lowest BCUT2D eigenvalue weighted by molar-refractivity contribution is -0.120. The van der Waals surface area contributed by atoms with E-state index in [-0.39, 0.29) is 11.8 Å². The predicted molar refractivity (Wildman–Crippen MR) is 90.2 cm³/mol. The Hall–Kier alpha value is -1.68. The molecule has 0 unspecified atom stereocenters. The summed E-state index contributed by atoms with van der Waals surface area (Å²) in [6.45, 7) is 0. The molecule has 4 rings (SSSR count). The van der Waals surface area contributed by atoms with Gasteiger partial charge in [0.05, 0.1) is 5.69 Å². The van der Waals surface area contributed by atoms with Crippen LogP contribution in [-0.4, -0.2) is 10.9 Å². The van der Waals surface area contributed by atoms with E-state index in [2.05, 4.69) is 29.6 Å². The van der Waals surface area contributed by atoms with Gasteiger partial charge in [0, 0.05) is 16.4 Å². The van der Waals surface area contributed by atoms with E-state index in [9.17, 15) is 4.79 Å². The number of benzene rings is 1. The van der Waals surface area contributed by atoms with E-state index in [0.29, 0.717) is 0 Å². The van der Waals surface area contributed by atoms with E-state index in [1.165, 1.54) is 35.3 Å². The van der Waals surface area contributed by atoms with Crippen LogP contribution in [-0.2, 0) is 17.6 Å². The van der Waals surface area contributed by atoms with Crippen LogP contribution < -0.4 is 5.32 Å². The molecule has 0 bridgehead atoms. The summed E-state index contributed by atoms with van der Waals surface area (Å²) in [4.78, 5) is 18.4. The van der Waals surface area contributed by atoms with E-state index in [1.54, 1.807) is 11.3 Å². The lowest BCUT2D eigenvalue weighted by atomic mass is 9.89. The maximum atomic E-state index is 12.4. The highest BCUT2D eigenvalue weighted by Gasteiger charge is 2.24. The summed E-state index contributed by atoms with van der Waals surface area (Å²) in [6, 6.07) is 8.47. The Kier molecular flexibility index (Phi) is 3.70. The molecule has 1 aromatic heterocycles. The first kappa shape index (κ1) is 13.9. The molecule has 3 nitrogen and oxygen atoms in total. The molecule has 2 aliphatic rings. The minimum Gasteiger partial charge on any atom is -0.302 e. The maximum Gasteiger partial charge on any atom is 0.229 e. The van der Waals surface area contributed by atoms with Gasteiger partial charge in [-0.25, -0.2) is 4.98 Å². The molecule has 22 heavy (non-hydrogen) atoms. The number of anilines is 1. The summed E-state index contributed by atoms with van der Waals surface area (Å²) in [5.41, 5.74) is 3.68. The minimum absolute atomic E-state index is 0.166. The van der Waals surface area contributed by atoms with Crippen LogP contribution in [0.15, 0.2) is 24.3 Å². The van der Waals surface area contributed by atoms with Gasteiger partial charge < -0.3 is 5.32 Å². The van der Waals surface area contributed by atoms with Gasteiger partial charge in [-0.15, -0.1) is 11.3 Å². The molecule has 1 fully saturated rings. The van der Waals surface area contributed by atoms with Crippen molar-refractivity contribution in [1.29, 1.82) is 0 Å². The number of nitrogens with one attached hydrogen (secondary N) is 1. The molecular formula is C18H20N2OS. The van der Waals surface area contributed by atoms with Crippen molar-refractivity contribution < 1.29 is 4.79 Å².